The monoisotopic (exact) mass is 211 g/mol. The van der Waals surface area contributed by atoms with Gasteiger partial charge in [0.05, 0.1) is 0 Å². The Bertz CT molecular complexity index is 307. The first-order valence-corrected chi connectivity index (χ1v) is 5.40. The van der Waals surface area contributed by atoms with Gasteiger partial charge < -0.3 is 14.6 Å². The zero-order chi connectivity index (χ0) is 10.7. The third-order valence-corrected chi connectivity index (χ3v) is 2.85. The standard InChI is InChI=1S/C10H17N3O2/c1-7(9-3-5-14-6-4-9)11-10-12-8(2)13-15-10/h7,9H,3-6H2,1-2H3,(H,11,12,13). The van der Waals surface area contributed by atoms with Gasteiger partial charge in [0.15, 0.2) is 5.82 Å². The van der Waals surface area contributed by atoms with Crippen LogP contribution in [0.4, 0.5) is 6.01 Å². The van der Waals surface area contributed by atoms with Gasteiger partial charge in [0.2, 0.25) is 0 Å². The lowest BCUT2D eigenvalue weighted by atomic mass is 9.93. The van der Waals surface area contributed by atoms with Crippen molar-refractivity contribution in [2.45, 2.75) is 32.7 Å². The number of nitrogens with one attached hydrogen (secondary N) is 1. The molecular formula is C10H17N3O2. The third kappa shape index (κ3) is 2.68. The maximum atomic E-state index is 5.33. The number of aryl methyl sites for hydroxylation is 1. The summed E-state index contributed by atoms with van der Waals surface area (Å²) in [6.07, 6.45) is 2.20. The second kappa shape index (κ2) is 4.61. The molecule has 0 bridgehead atoms. The highest BCUT2D eigenvalue weighted by atomic mass is 16.5. The first-order chi connectivity index (χ1) is 7.25. The second-order valence-electron chi connectivity index (χ2n) is 4.03. The molecule has 1 aliphatic rings. The fourth-order valence-electron chi connectivity index (χ4n) is 1.88. The Balaban J connectivity index is 1.88. The van der Waals surface area contributed by atoms with Crippen molar-refractivity contribution in [1.29, 1.82) is 0 Å². The number of hydrogen-bond donors (Lipinski definition) is 1. The van der Waals surface area contributed by atoms with E-state index in [2.05, 4.69) is 22.4 Å². The van der Waals surface area contributed by atoms with Crippen LogP contribution in [-0.2, 0) is 4.74 Å². The fraction of sp³-hybridized carbons (Fsp3) is 0.800. The Morgan fingerprint density at radius 3 is 2.73 bits per heavy atom. The number of anilines is 1. The van der Waals surface area contributed by atoms with Crippen molar-refractivity contribution in [1.82, 2.24) is 10.1 Å². The van der Waals surface area contributed by atoms with E-state index in [4.69, 9.17) is 9.26 Å². The van der Waals surface area contributed by atoms with E-state index in [0.717, 1.165) is 26.1 Å². The summed E-state index contributed by atoms with van der Waals surface area (Å²) in [4.78, 5) is 4.13. The molecule has 2 rings (SSSR count). The summed E-state index contributed by atoms with van der Waals surface area (Å²) in [6.45, 7) is 5.68. The molecule has 0 amide bonds. The Morgan fingerprint density at radius 2 is 2.13 bits per heavy atom. The van der Waals surface area contributed by atoms with Crippen LogP contribution in [0.3, 0.4) is 0 Å². The normalized spacial score (nSPS) is 20.1. The van der Waals surface area contributed by atoms with Crippen LogP contribution in [0.2, 0.25) is 0 Å². The summed E-state index contributed by atoms with van der Waals surface area (Å²) < 4.78 is 10.3. The largest absolute Gasteiger partial charge is 0.381 e. The molecule has 1 aromatic rings. The van der Waals surface area contributed by atoms with Crippen molar-refractivity contribution in [3.63, 3.8) is 0 Å². The summed E-state index contributed by atoms with van der Waals surface area (Å²) in [6, 6.07) is 0.875. The molecule has 1 aliphatic heterocycles. The van der Waals surface area contributed by atoms with Crippen molar-refractivity contribution >= 4 is 6.01 Å². The maximum absolute atomic E-state index is 5.33. The van der Waals surface area contributed by atoms with E-state index in [0.29, 0.717) is 23.8 Å². The molecule has 1 saturated heterocycles. The molecule has 2 heterocycles. The molecule has 1 unspecified atom stereocenters. The summed E-state index contributed by atoms with van der Waals surface area (Å²) in [7, 11) is 0. The Morgan fingerprint density at radius 1 is 1.40 bits per heavy atom. The van der Waals surface area contributed by atoms with Crippen LogP contribution in [0.15, 0.2) is 4.52 Å². The Hall–Kier alpha value is -1.10. The molecule has 0 aromatic carbocycles. The van der Waals surface area contributed by atoms with Gasteiger partial charge in [-0.1, -0.05) is 5.16 Å². The molecule has 84 valence electrons. The summed E-state index contributed by atoms with van der Waals surface area (Å²) in [5.41, 5.74) is 0. The van der Waals surface area contributed by atoms with Gasteiger partial charge in [0.25, 0.3) is 0 Å². The minimum absolute atomic E-state index is 0.355. The lowest BCUT2D eigenvalue weighted by Gasteiger charge is -2.27. The number of ether oxygens (including phenoxy) is 1. The van der Waals surface area contributed by atoms with Crippen LogP contribution in [0.25, 0.3) is 0 Å². The van der Waals surface area contributed by atoms with Crippen molar-refractivity contribution in [3.8, 4) is 0 Å². The lowest BCUT2D eigenvalue weighted by Crippen LogP contribution is -2.31. The van der Waals surface area contributed by atoms with Crippen molar-refractivity contribution < 1.29 is 9.26 Å². The number of aromatic nitrogens is 2. The first-order valence-electron chi connectivity index (χ1n) is 5.40. The van der Waals surface area contributed by atoms with E-state index in [1.165, 1.54) is 0 Å². The number of hydrogen-bond acceptors (Lipinski definition) is 5. The van der Waals surface area contributed by atoms with Gasteiger partial charge in [-0.2, -0.15) is 4.98 Å². The zero-order valence-electron chi connectivity index (χ0n) is 9.19. The average molecular weight is 211 g/mol. The van der Waals surface area contributed by atoms with E-state index < -0.39 is 0 Å². The Labute approximate surface area is 89.2 Å². The molecule has 0 radical (unpaired) electrons. The van der Waals surface area contributed by atoms with Gasteiger partial charge in [-0.25, -0.2) is 0 Å². The van der Waals surface area contributed by atoms with Gasteiger partial charge >= 0.3 is 6.01 Å². The summed E-state index contributed by atoms with van der Waals surface area (Å²) in [5, 5.41) is 6.98. The van der Waals surface area contributed by atoms with Crippen LogP contribution in [0.5, 0.6) is 0 Å². The minimum atomic E-state index is 0.355. The van der Waals surface area contributed by atoms with E-state index >= 15 is 0 Å². The highest BCUT2D eigenvalue weighted by Gasteiger charge is 2.21. The van der Waals surface area contributed by atoms with Crippen LogP contribution in [0, 0.1) is 12.8 Å². The molecule has 5 nitrogen and oxygen atoms in total. The SMILES string of the molecule is Cc1noc(NC(C)C2CCOCC2)n1. The number of nitrogens with zero attached hydrogens (tertiary/aromatic N) is 2. The second-order valence-corrected chi connectivity index (χ2v) is 4.03. The van der Waals surface area contributed by atoms with Gasteiger partial charge in [-0.15, -0.1) is 0 Å². The summed E-state index contributed by atoms with van der Waals surface area (Å²) in [5.74, 6) is 1.29. The molecule has 0 saturated carbocycles. The molecule has 1 atom stereocenters. The molecular weight excluding hydrogens is 194 g/mol. The van der Waals surface area contributed by atoms with Gasteiger partial charge in [-0.3, -0.25) is 0 Å². The van der Waals surface area contributed by atoms with Crippen LogP contribution in [0.1, 0.15) is 25.6 Å². The topological polar surface area (TPSA) is 60.2 Å². The van der Waals surface area contributed by atoms with Crippen LogP contribution >= 0.6 is 0 Å². The highest BCUT2D eigenvalue weighted by molar-refractivity contribution is 5.20. The van der Waals surface area contributed by atoms with Crippen LogP contribution in [-0.4, -0.2) is 29.4 Å². The smallest absolute Gasteiger partial charge is 0.321 e. The molecule has 1 N–H and O–H groups in total. The molecule has 1 fully saturated rings. The third-order valence-electron chi connectivity index (χ3n) is 2.85. The lowest BCUT2D eigenvalue weighted by molar-refractivity contribution is 0.0619. The van der Waals surface area contributed by atoms with Crippen molar-refractivity contribution in [3.05, 3.63) is 5.82 Å². The predicted octanol–water partition coefficient (Wildman–Crippen LogP) is 1.61. The fourth-order valence-corrected chi connectivity index (χ4v) is 1.88. The van der Waals surface area contributed by atoms with Gasteiger partial charge in [-0.05, 0) is 32.6 Å². The van der Waals surface area contributed by atoms with E-state index in [1.54, 1.807) is 0 Å². The van der Waals surface area contributed by atoms with E-state index in [1.807, 2.05) is 6.92 Å². The highest BCUT2D eigenvalue weighted by Crippen LogP contribution is 2.21. The zero-order valence-corrected chi connectivity index (χ0v) is 9.19. The first kappa shape index (κ1) is 10.4. The quantitative estimate of drug-likeness (QED) is 0.823. The van der Waals surface area contributed by atoms with Crippen molar-refractivity contribution in [2.75, 3.05) is 18.5 Å². The van der Waals surface area contributed by atoms with Crippen molar-refractivity contribution in [2.24, 2.45) is 5.92 Å². The molecule has 15 heavy (non-hydrogen) atoms. The minimum Gasteiger partial charge on any atom is -0.381 e. The summed E-state index contributed by atoms with van der Waals surface area (Å²) >= 11 is 0. The molecule has 1 aromatic heterocycles. The molecule has 0 spiro atoms. The molecule has 5 heteroatoms. The Kier molecular flexibility index (Phi) is 3.20. The van der Waals surface area contributed by atoms with Gasteiger partial charge in [0.1, 0.15) is 0 Å². The molecule has 0 aliphatic carbocycles. The predicted molar refractivity (Wildman–Crippen MR) is 55.7 cm³/mol. The van der Waals surface area contributed by atoms with Crippen LogP contribution < -0.4 is 5.32 Å². The number of rotatable bonds is 3. The maximum Gasteiger partial charge on any atom is 0.321 e. The van der Waals surface area contributed by atoms with E-state index in [9.17, 15) is 0 Å². The van der Waals surface area contributed by atoms with E-state index in [-0.39, 0.29) is 0 Å². The van der Waals surface area contributed by atoms with Gasteiger partial charge in [0, 0.05) is 19.3 Å². The average Bonchev–Trinajstić information content (AvgIpc) is 2.65.